The van der Waals surface area contributed by atoms with E-state index in [1.807, 2.05) is 6.92 Å². The molecule has 1 amide bonds. The lowest BCUT2D eigenvalue weighted by Gasteiger charge is -2.20. The Hall–Kier alpha value is -0.890. The van der Waals surface area contributed by atoms with Gasteiger partial charge in [-0.05, 0) is 214 Å². The lowest BCUT2D eigenvalue weighted by molar-refractivity contribution is -0.128. The molecule has 0 aliphatic carbocycles. The van der Waals surface area contributed by atoms with Crippen molar-refractivity contribution >= 4 is 5.91 Å². The zero-order valence-corrected chi connectivity index (χ0v) is 54.7. The third-order valence-electron chi connectivity index (χ3n) is 11.8. The van der Waals surface area contributed by atoms with Gasteiger partial charge in [-0.15, -0.1) is 0 Å². The second-order valence-electron chi connectivity index (χ2n) is 19.2. The molecule has 0 spiro atoms. The molecule has 0 saturated heterocycles. The summed E-state index contributed by atoms with van der Waals surface area (Å²) in [4.78, 5) is 26.7. The Morgan fingerprint density at radius 3 is 0.873 bits per heavy atom. The summed E-state index contributed by atoms with van der Waals surface area (Å²) in [6.45, 7) is 45.5. The Bertz CT molecular complexity index is 1180. The highest BCUT2D eigenvalue weighted by Gasteiger charge is 2.06. The van der Waals surface area contributed by atoms with Gasteiger partial charge in [0.15, 0.2) is 0 Å². The largest absolute Gasteiger partial charge is 0.380 e. The third kappa shape index (κ3) is 83.7. The van der Waals surface area contributed by atoms with Crippen LogP contribution in [-0.2, 0) is 19.0 Å². The van der Waals surface area contributed by atoms with Crippen LogP contribution >= 0.6 is 0 Å². The molecule has 0 aromatic heterocycles. The van der Waals surface area contributed by atoms with E-state index in [0.29, 0.717) is 123 Å². The zero-order chi connectivity index (χ0) is 71.2. The van der Waals surface area contributed by atoms with Gasteiger partial charge < -0.3 is 43.6 Å². The summed E-state index contributed by atoms with van der Waals surface area (Å²) in [7, 11) is 0. The van der Waals surface area contributed by atoms with Crippen LogP contribution in [0.4, 0.5) is 0 Å². The van der Waals surface area contributed by atoms with Gasteiger partial charge in [0.25, 0.3) is 0 Å². The number of hydrogen-bond acceptors (Lipinski definition) is 10. The first-order valence-corrected chi connectivity index (χ1v) is 31.7. The van der Waals surface area contributed by atoms with Crippen LogP contribution in [0.3, 0.4) is 0 Å². The highest BCUT2D eigenvalue weighted by Crippen LogP contribution is 2.02. The van der Waals surface area contributed by atoms with E-state index < -0.39 is 0 Å². The van der Waals surface area contributed by atoms with Crippen LogP contribution in [0.2, 0.25) is 0 Å². The molecular formula is C68H155N7O4. The Balaban J connectivity index is -0.000000186. The minimum absolute atomic E-state index is 0.0527. The molecule has 0 radical (unpaired) electrons. The summed E-state index contributed by atoms with van der Waals surface area (Å²) >= 11 is 0. The molecule has 0 atom stereocenters. The topological polar surface area (TPSA) is 67.4 Å². The van der Waals surface area contributed by atoms with E-state index in [-0.39, 0.29) is 5.91 Å². The zero-order valence-electron chi connectivity index (χ0n) is 68.7. The Kier molecular flexibility index (Phi) is 69.7. The van der Waals surface area contributed by atoms with Crippen molar-refractivity contribution in [1.82, 2.24) is 34.3 Å². The van der Waals surface area contributed by atoms with Gasteiger partial charge in [0, 0.05) is 78.7 Å². The molecule has 11 nitrogen and oxygen atoms in total. The lowest BCUT2D eigenvalue weighted by Crippen LogP contribution is -2.31. The van der Waals surface area contributed by atoms with Crippen LogP contribution in [0, 0.1) is 0 Å². The second-order valence-corrected chi connectivity index (χ2v) is 19.2. The molecule has 0 rings (SSSR count). The maximum absolute atomic E-state index is 11.0. The van der Waals surface area contributed by atoms with E-state index in [0.717, 1.165) is 234 Å². The van der Waals surface area contributed by atoms with Crippen LogP contribution in [-0.4, -0.2) is 211 Å². The van der Waals surface area contributed by atoms with E-state index in [9.17, 15) is 4.79 Å². The van der Waals surface area contributed by atoms with Gasteiger partial charge in [0.2, 0.25) is 5.91 Å². The fourth-order valence-electron chi connectivity index (χ4n) is 7.66. The smallest absolute Gasteiger partial charge is 0.219 e. The van der Waals surface area contributed by atoms with Gasteiger partial charge in [0.1, 0.15) is 0 Å². The van der Waals surface area contributed by atoms with Crippen LogP contribution < -0.4 is 0 Å². The molecule has 0 aromatic rings. The Morgan fingerprint density at radius 1 is 0.278 bits per heavy atom. The molecule has 0 aromatic carbocycles. The average Bonchev–Trinajstić information content (AvgIpc) is 3.73. The number of amides is 1. The van der Waals surface area contributed by atoms with Gasteiger partial charge in [-0.3, -0.25) is 9.69 Å². The van der Waals surface area contributed by atoms with Crippen LogP contribution in [0.1, 0.15) is 293 Å². The first-order chi connectivity index (χ1) is 45.3. The summed E-state index contributed by atoms with van der Waals surface area (Å²) in [5.41, 5.74) is 0. The van der Waals surface area contributed by atoms with Crippen molar-refractivity contribution in [1.29, 1.82) is 0 Å². The van der Waals surface area contributed by atoms with E-state index in [4.69, 9.17) is 33.4 Å². The maximum atomic E-state index is 11.0. The highest BCUT2D eigenvalue weighted by molar-refractivity contribution is 5.73. The number of unbranched alkanes of at least 4 members (excludes halogenated alkanes) is 3. The number of nitrogens with zero attached hydrogens (tertiary/aromatic N) is 7. The molecule has 0 saturated carbocycles. The number of rotatable bonds is 49. The fourth-order valence-corrected chi connectivity index (χ4v) is 7.66. The Labute approximate surface area is 521 Å². The van der Waals surface area contributed by atoms with E-state index in [1.54, 1.807) is 4.90 Å². The molecule has 79 heavy (non-hydrogen) atoms. The maximum Gasteiger partial charge on any atom is 0.219 e. The number of ether oxygens (including phenoxy) is 3. The van der Waals surface area contributed by atoms with Gasteiger partial charge in [-0.2, -0.15) is 0 Å². The average molecular weight is 1160 g/mol. The number of likely N-dealkylation sites (N-methyl/N-ethyl adjacent to an activating group) is 1. The van der Waals surface area contributed by atoms with Crippen LogP contribution in [0.5, 0.6) is 0 Å². The van der Waals surface area contributed by atoms with Crippen molar-refractivity contribution in [2.45, 2.75) is 273 Å². The number of carbonyl (C=O) groups excluding carboxylic acids is 1. The van der Waals surface area contributed by atoms with Crippen LogP contribution in [0.25, 0.3) is 0 Å². The van der Waals surface area contributed by atoms with Gasteiger partial charge in [-0.25, -0.2) is 0 Å². The van der Waals surface area contributed by atoms with Gasteiger partial charge >= 0.3 is 0 Å². The second kappa shape index (κ2) is 85.9. The molecule has 0 N–H and O–H groups in total. The minimum atomic E-state index is 0.0527. The molecule has 0 bridgehead atoms. The molecule has 0 fully saturated rings. The van der Waals surface area contributed by atoms with Crippen molar-refractivity contribution in [3.8, 4) is 0 Å². The molecule has 0 heterocycles. The van der Waals surface area contributed by atoms with Crippen molar-refractivity contribution in [3.05, 3.63) is 0 Å². The quantitative estimate of drug-likeness (QED) is 0.0550. The Morgan fingerprint density at radius 2 is 0.557 bits per heavy atom. The fraction of sp³-hybridized carbons (Fsp3) is 0.985. The molecular weight excluding hydrogens is 979 g/mol. The summed E-state index contributed by atoms with van der Waals surface area (Å²) in [6, 6.07) is 0. The minimum Gasteiger partial charge on any atom is -0.380 e. The first-order valence-electron chi connectivity index (χ1n) is 41.6. The standard InChI is InChI=1S/C12H27NO2.C11H25N.C10H23NO.C10H23N.C9H21N.C8H17NO.C8H19N/c1-4-9-14-11-7-13(6-3)8-12-15-10-5-2;1-4-7-8-11-12(9-5-2)10-6-3;1-4-7-11(8-5-2)9-10-12-6-3;1-4-7-10-11(8-5-2)9-6-3;1-4-7-10(8-5-2)9-6-3;1-4-6-9(7-5-2)8(3)10;1-4-7-9(6-3)8-5-2/h4-12H2,1-3H3;4-11H2,1-3H3;4-10H2,1-3H3;4-10H2,1-3H3;4-9H2,1-3H3;4-7H2,1-3H3;4-8H2,1-3H3/i1T,2T;2T,3T;1T,2T;2T,3T;3*1T,2T. The molecule has 486 valence electrons. The summed E-state index contributed by atoms with van der Waals surface area (Å²) in [6.07, 6.45) is 20.2. The van der Waals surface area contributed by atoms with Gasteiger partial charge in [0.05, 0.1) is 19.8 Å². The molecule has 11 heteroatoms. The lowest BCUT2D eigenvalue weighted by atomic mass is 10.2. The highest BCUT2D eigenvalue weighted by atomic mass is 16.5. The van der Waals surface area contributed by atoms with Crippen molar-refractivity contribution < 1.29 is 38.2 Å². The number of carbonyl (C=O) groups is 1. The predicted octanol–water partition coefficient (Wildman–Crippen LogP) is 16.8. The first kappa shape index (κ1) is 64.1. The molecule has 0 aliphatic rings. The summed E-state index contributed by atoms with van der Waals surface area (Å²) in [5.74, 6) is 0.0527. The monoisotopic (exact) mass is 1160 g/mol. The van der Waals surface area contributed by atoms with Crippen molar-refractivity contribution in [2.24, 2.45) is 0 Å². The van der Waals surface area contributed by atoms with E-state index >= 15 is 0 Å². The molecule has 0 unspecified atom stereocenters. The number of hydrogen-bond donors (Lipinski definition) is 0. The summed E-state index contributed by atoms with van der Waals surface area (Å²) < 4.78 is 115. The van der Waals surface area contributed by atoms with Gasteiger partial charge in [-0.1, -0.05) is 150 Å². The summed E-state index contributed by atoms with van der Waals surface area (Å²) in [5, 5.41) is 0. The van der Waals surface area contributed by atoms with Crippen LogP contribution in [0.15, 0.2) is 0 Å². The predicted molar refractivity (Wildman–Crippen MR) is 359 cm³/mol. The van der Waals surface area contributed by atoms with Crippen molar-refractivity contribution in [2.75, 3.05) is 171 Å². The van der Waals surface area contributed by atoms with E-state index in [2.05, 4.69) is 64.0 Å². The molecule has 0 aliphatic heterocycles. The van der Waals surface area contributed by atoms with Crippen molar-refractivity contribution in [3.63, 3.8) is 0 Å². The SMILES string of the molecule is [3H]CCCN(CC)CCC[3H].[3H]CCCN(CCC)CCC[3H].[3H]CCCN(CCC[3H])C(C)=O.[3H]CCCN(CCC[3H])CCCC.[3H]CCCN(CCC[3H])CCCCC.[3H]CCCN(CCC[3H])CCOCC.[3H]CCCOCCN(CC)CCOCCC[3H]. The van der Waals surface area contributed by atoms with E-state index in [1.165, 1.54) is 45.4 Å². The third-order valence-corrected chi connectivity index (χ3v) is 11.8. The normalized spacial score (nSPS) is 13.1.